The first kappa shape index (κ1) is 26.7. The third-order valence-electron chi connectivity index (χ3n) is 6.23. The molecule has 194 valence electrons. The van der Waals surface area contributed by atoms with Crippen molar-refractivity contribution in [1.82, 2.24) is 20.5 Å². The van der Waals surface area contributed by atoms with E-state index in [0.717, 1.165) is 16.5 Å². The summed E-state index contributed by atoms with van der Waals surface area (Å²) in [5, 5.41) is 24.6. The number of amides is 3. The Balaban J connectivity index is 1.73. The van der Waals surface area contributed by atoms with Crippen LogP contribution in [0.2, 0.25) is 0 Å². The maximum atomic E-state index is 13.2. The fourth-order valence-electron chi connectivity index (χ4n) is 4.32. The molecule has 4 unspecified atom stereocenters. The summed E-state index contributed by atoms with van der Waals surface area (Å²) in [4.78, 5) is 65.8. The maximum absolute atomic E-state index is 13.2. The van der Waals surface area contributed by atoms with E-state index in [-0.39, 0.29) is 25.8 Å². The van der Waals surface area contributed by atoms with Gasteiger partial charge < -0.3 is 36.5 Å². The Morgan fingerprint density at radius 3 is 2.53 bits per heavy atom. The fourth-order valence-corrected chi connectivity index (χ4v) is 4.32. The molecule has 7 N–H and O–H groups in total. The number of likely N-dealkylation sites (tertiary alicyclic amines) is 1. The van der Waals surface area contributed by atoms with E-state index >= 15 is 0 Å². The third-order valence-corrected chi connectivity index (χ3v) is 6.23. The quantitative estimate of drug-likeness (QED) is 0.247. The summed E-state index contributed by atoms with van der Waals surface area (Å²) >= 11 is 0. The molecule has 1 aromatic carbocycles. The van der Waals surface area contributed by atoms with Crippen molar-refractivity contribution in [2.24, 2.45) is 5.73 Å². The first-order valence-corrected chi connectivity index (χ1v) is 11.7. The Morgan fingerprint density at radius 2 is 1.86 bits per heavy atom. The summed E-state index contributed by atoms with van der Waals surface area (Å²) in [5.74, 6) is -4.20. The van der Waals surface area contributed by atoms with Gasteiger partial charge in [-0.3, -0.25) is 19.2 Å². The molecule has 3 amide bonds. The fraction of sp³-hybridized carbons (Fsp3) is 0.458. The third kappa shape index (κ3) is 6.39. The second-order valence-electron chi connectivity index (χ2n) is 8.93. The van der Waals surface area contributed by atoms with Crippen molar-refractivity contribution >= 4 is 40.6 Å². The average molecular weight is 502 g/mol. The number of nitrogens with two attached hydrogens (primary N) is 1. The number of aromatic amines is 1. The van der Waals surface area contributed by atoms with Gasteiger partial charge in [-0.15, -0.1) is 0 Å². The van der Waals surface area contributed by atoms with Gasteiger partial charge in [0.25, 0.3) is 0 Å². The highest BCUT2D eigenvalue weighted by atomic mass is 16.4. The van der Waals surface area contributed by atoms with Crippen LogP contribution < -0.4 is 16.4 Å². The molecule has 1 aromatic heterocycles. The lowest BCUT2D eigenvalue weighted by molar-refractivity contribution is -0.145. The van der Waals surface area contributed by atoms with Crippen LogP contribution in [0.15, 0.2) is 30.5 Å². The molecule has 2 heterocycles. The van der Waals surface area contributed by atoms with E-state index in [2.05, 4.69) is 15.6 Å². The van der Waals surface area contributed by atoms with E-state index in [0.29, 0.717) is 12.8 Å². The number of fused-ring (bicyclic) bond motifs is 1. The molecule has 0 aliphatic carbocycles. The summed E-state index contributed by atoms with van der Waals surface area (Å²) in [5.41, 5.74) is 7.14. The zero-order valence-corrected chi connectivity index (χ0v) is 19.9. The van der Waals surface area contributed by atoms with E-state index in [9.17, 15) is 29.1 Å². The van der Waals surface area contributed by atoms with Crippen molar-refractivity contribution in [3.63, 3.8) is 0 Å². The highest BCUT2D eigenvalue weighted by Gasteiger charge is 2.39. The number of aliphatic carboxylic acids is 2. The number of aromatic nitrogens is 1. The van der Waals surface area contributed by atoms with Crippen LogP contribution in [-0.2, 0) is 30.4 Å². The number of carbonyl (C=O) groups is 5. The number of nitrogens with one attached hydrogen (secondary N) is 3. The van der Waals surface area contributed by atoms with Gasteiger partial charge in [0.2, 0.25) is 17.7 Å². The number of hydrogen-bond acceptors (Lipinski definition) is 6. The van der Waals surface area contributed by atoms with Crippen molar-refractivity contribution in [3.05, 3.63) is 36.0 Å². The molecule has 3 rings (SSSR count). The topological polar surface area (TPSA) is 195 Å². The van der Waals surface area contributed by atoms with Crippen LogP contribution in [0.3, 0.4) is 0 Å². The molecule has 36 heavy (non-hydrogen) atoms. The number of carboxylic acid groups (broad SMARTS) is 2. The zero-order chi connectivity index (χ0) is 26.4. The largest absolute Gasteiger partial charge is 0.481 e. The van der Waals surface area contributed by atoms with Crippen LogP contribution in [0.25, 0.3) is 10.9 Å². The van der Waals surface area contributed by atoms with Gasteiger partial charge in [-0.05, 0) is 37.8 Å². The second kappa shape index (κ2) is 11.7. The average Bonchev–Trinajstić information content (AvgIpc) is 3.48. The highest BCUT2D eigenvalue weighted by Crippen LogP contribution is 2.22. The van der Waals surface area contributed by atoms with Crippen LogP contribution >= 0.6 is 0 Å². The summed E-state index contributed by atoms with van der Waals surface area (Å²) in [6.07, 6.45) is 2.01. The Morgan fingerprint density at radius 1 is 1.14 bits per heavy atom. The van der Waals surface area contributed by atoms with Crippen molar-refractivity contribution in [3.8, 4) is 0 Å². The van der Waals surface area contributed by atoms with Gasteiger partial charge in [0.1, 0.15) is 18.1 Å². The van der Waals surface area contributed by atoms with Crippen molar-refractivity contribution < 1.29 is 34.2 Å². The van der Waals surface area contributed by atoms with E-state index in [4.69, 9.17) is 10.8 Å². The van der Waals surface area contributed by atoms with Gasteiger partial charge in [0, 0.05) is 36.5 Å². The Hall–Kier alpha value is -3.93. The standard InChI is InChI=1S/C24H31N5O7/c1-13(25)21(32)27-17(8-9-20(30)31)23(34)29-10-4-7-19(29)22(33)28-18(24(35)36)11-14-12-26-16-6-3-2-5-15(14)16/h2-3,5-6,12-13,17-19,26H,4,7-11,25H2,1H3,(H,27,32)(H,28,33)(H,30,31)(H,35,36). The van der Waals surface area contributed by atoms with Gasteiger partial charge >= 0.3 is 11.9 Å². The minimum atomic E-state index is -1.23. The summed E-state index contributed by atoms with van der Waals surface area (Å²) in [6, 6.07) is 3.15. The summed E-state index contributed by atoms with van der Waals surface area (Å²) in [6.45, 7) is 1.65. The van der Waals surface area contributed by atoms with Gasteiger partial charge in [-0.1, -0.05) is 18.2 Å². The predicted molar refractivity (Wildman–Crippen MR) is 129 cm³/mol. The minimum absolute atomic E-state index is 0.0391. The van der Waals surface area contributed by atoms with Gasteiger partial charge in [-0.2, -0.15) is 0 Å². The van der Waals surface area contributed by atoms with Crippen molar-refractivity contribution in [1.29, 1.82) is 0 Å². The van der Waals surface area contributed by atoms with Crippen LogP contribution in [0.5, 0.6) is 0 Å². The van der Waals surface area contributed by atoms with E-state index in [1.807, 2.05) is 24.3 Å². The lowest BCUT2D eigenvalue weighted by Crippen LogP contribution is -2.56. The number of carbonyl (C=O) groups excluding carboxylic acids is 3. The van der Waals surface area contributed by atoms with Crippen LogP contribution in [-0.4, -0.2) is 80.5 Å². The molecule has 1 aliphatic heterocycles. The number of rotatable bonds is 11. The molecule has 0 radical (unpaired) electrons. The Labute approximate surface area is 207 Å². The molecule has 0 bridgehead atoms. The van der Waals surface area contributed by atoms with Crippen LogP contribution in [0.1, 0.15) is 38.2 Å². The van der Waals surface area contributed by atoms with E-state index in [1.165, 1.54) is 11.8 Å². The van der Waals surface area contributed by atoms with Gasteiger partial charge in [0.15, 0.2) is 0 Å². The van der Waals surface area contributed by atoms with Crippen LogP contribution in [0, 0.1) is 0 Å². The van der Waals surface area contributed by atoms with E-state index < -0.39 is 53.8 Å². The number of benzene rings is 1. The number of nitrogens with zero attached hydrogens (tertiary/aromatic N) is 1. The van der Waals surface area contributed by atoms with Crippen molar-refractivity contribution in [2.45, 2.75) is 63.2 Å². The highest BCUT2D eigenvalue weighted by molar-refractivity contribution is 5.95. The monoisotopic (exact) mass is 501 g/mol. The molecule has 4 atom stereocenters. The number of carboxylic acids is 2. The molecule has 12 heteroatoms. The lowest BCUT2D eigenvalue weighted by atomic mass is 10.0. The van der Waals surface area contributed by atoms with Gasteiger partial charge in [-0.25, -0.2) is 4.79 Å². The summed E-state index contributed by atoms with van der Waals surface area (Å²) < 4.78 is 0. The van der Waals surface area contributed by atoms with Crippen molar-refractivity contribution in [2.75, 3.05) is 6.54 Å². The molecule has 1 fully saturated rings. The number of para-hydroxylation sites is 1. The Bertz CT molecular complexity index is 1140. The molecule has 1 saturated heterocycles. The molecular formula is C24H31N5O7. The Kier molecular flexibility index (Phi) is 8.64. The van der Waals surface area contributed by atoms with Gasteiger partial charge in [0.05, 0.1) is 6.04 Å². The number of H-pyrrole nitrogens is 1. The smallest absolute Gasteiger partial charge is 0.326 e. The van der Waals surface area contributed by atoms with E-state index in [1.54, 1.807) is 6.20 Å². The molecule has 0 spiro atoms. The molecule has 12 nitrogen and oxygen atoms in total. The maximum Gasteiger partial charge on any atom is 0.326 e. The molecular weight excluding hydrogens is 470 g/mol. The molecule has 1 aliphatic rings. The first-order chi connectivity index (χ1) is 17.1. The lowest BCUT2D eigenvalue weighted by Gasteiger charge is -2.29. The zero-order valence-electron chi connectivity index (χ0n) is 19.9. The number of hydrogen-bond donors (Lipinski definition) is 6. The van der Waals surface area contributed by atoms with Crippen LogP contribution in [0.4, 0.5) is 0 Å². The summed E-state index contributed by atoms with van der Waals surface area (Å²) in [7, 11) is 0. The normalized spacial score (nSPS) is 17.8. The molecule has 0 saturated carbocycles. The minimum Gasteiger partial charge on any atom is -0.481 e. The first-order valence-electron chi connectivity index (χ1n) is 11.7. The SMILES string of the molecule is CC(N)C(=O)NC(CCC(=O)O)C(=O)N1CCCC1C(=O)NC(Cc1c[nH]c2ccccc12)C(=O)O. The second-order valence-corrected chi connectivity index (χ2v) is 8.93. The predicted octanol–water partition coefficient (Wildman–Crippen LogP) is -0.0324. The molecule has 2 aromatic rings.